The fourth-order valence-electron chi connectivity index (χ4n) is 3.29. The molecule has 3 amide bonds. The largest absolute Gasteiger partial charge is 0.444 e. The van der Waals surface area contributed by atoms with Crippen LogP contribution in [0.4, 0.5) is 16.2 Å². The number of anilines is 2. The highest BCUT2D eigenvalue weighted by atomic mass is 32.1. The molecule has 2 N–H and O–H groups in total. The third-order valence-electron chi connectivity index (χ3n) is 4.67. The number of thiophene rings is 1. The summed E-state index contributed by atoms with van der Waals surface area (Å²) in [7, 11) is 0. The third kappa shape index (κ3) is 3.71. The van der Waals surface area contributed by atoms with Gasteiger partial charge in [-0.3, -0.25) is 14.5 Å². The molecule has 0 spiro atoms. The van der Waals surface area contributed by atoms with E-state index in [1.165, 1.54) is 11.3 Å². The first-order valence-corrected chi connectivity index (χ1v) is 9.68. The Labute approximate surface area is 165 Å². The summed E-state index contributed by atoms with van der Waals surface area (Å²) >= 11 is 1.31. The van der Waals surface area contributed by atoms with Crippen LogP contribution in [0.5, 0.6) is 0 Å². The molecule has 28 heavy (non-hydrogen) atoms. The van der Waals surface area contributed by atoms with E-state index >= 15 is 0 Å². The number of nitrogens with zero attached hydrogens (tertiary/aromatic N) is 2. The first kappa shape index (κ1) is 18.5. The number of hydrogen-bond donors (Lipinski definition) is 1. The second kappa shape index (κ2) is 7.61. The summed E-state index contributed by atoms with van der Waals surface area (Å²) in [6.07, 6.45) is -0.181. The molecule has 2 fully saturated rings. The van der Waals surface area contributed by atoms with Crippen LogP contribution in [0.15, 0.2) is 36.4 Å². The molecule has 1 atom stereocenters. The van der Waals surface area contributed by atoms with Crippen molar-refractivity contribution in [3.05, 3.63) is 46.2 Å². The average Bonchev–Trinajstić information content (AvgIpc) is 3.29. The normalized spacial score (nSPS) is 19.8. The van der Waals surface area contributed by atoms with E-state index in [4.69, 9.17) is 15.2 Å². The molecule has 0 saturated carbocycles. The molecule has 0 aliphatic carbocycles. The van der Waals surface area contributed by atoms with E-state index in [9.17, 15) is 14.4 Å². The lowest BCUT2D eigenvalue weighted by molar-refractivity contribution is -0.125. The van der Waals surface area contributed by atoms with Crippen molar-refractivity contribution in [2.45, 2.75) is 12.5 Å². The number of amides is 3. The van der Waals surface area contributed by atoms with Crippen molar-refractivity contribution in [1.82, 2.24) is 0 Å². The summed E-state index contributed by atoms with van der Waals surface area (Å²) in [6, 6.07) is 10.8. The molecule has 1 aromatic carbocycles. The summed E-state index contributed by atoms with van der Waals surface area (Å²) in [4.78, 5) is 40.1. The molecule has 0 radical (unpaired) electrons. The molecule has 2 aliphatic rings. The predicted molar refractivity (Wildman–Crippen MR) is 104 cm³/mol. The molecule has 1 aromatic heterocycles. The molecule has 146 valence electrons. The number of cyclic esters (lactones) is 1. The van der Waals surface area contributed by atoms with Crippen molar-refractivity contribution in [1.29, 1.82) is 0 Å². The zero-order valence-corrected chi connectivity index (χ0v) is 15.8. The third-order valence-corrected chi connectivity index (χ3v) is 5.79. The zero-order chi connectivity index (χ0) is 19.7. The number of morpholine rings is 1. The maximum absolute atomic E-state index is 12.3. The van der Waals surface area contributed by atoms with E-state index in [0.29, 0.717) is 36.7 Å². The molecule has 2 aliphatic heterocycles. The van der Waals surface area contributed by atoms with E-state index in [-0.39, 0.29) is 18.6 Å². The monoisotopic (exact) mass is 401 g/mol. The van der Waals surface area contributed by atoms with Crippen LogP contribution in [0.2, 0.25) is 0 Å². The highest BCUT2D eigenvalue weighted by Crippen LogP contribution is 2.27. The van der Waals surface area contributed by atoms with Crippen LogP contribution in [0.25, 0.3) is 0 Å². The van der Waals surface area contributed by atoms with Crippen molar-refractivity contribution in [2.75, 3.05) is 36.1 Å². The van der Waals surface area contributed by atoms with E-state index in [0.717, 1.165) is 10.6 Å². The van der Waals surface area contributed by atoms with Crippen LogP contribution in [0, 0.1) is 0 Å². The van der Waals surface area contributed by atoms with Gasteiger partial charge in [0.1, 0.15) is 12.7 Å². The number of benzene rings is 1. The van der Waals surface area contributed by atoms with Gasteiger partial charge in [0, 0.05) is 29.2 Å². The molecule has 8 nitrogen and oxygen atoms in total. The predicted octanol–water partition coefficient (Wildman–Crippen LogP) is 1.78. The molecule has 9 heteroatoms. The Morgan fingerprint density at radius 3 is 2.46 bits per heavy atom. The molecule has 0 unspecified atom stereocenters. The average molecular weight is 401 g/mol. The second-order valence-electron chi connectivity index (χ2n) is 6.57. The van der Waals surface area contributed by atoms with Crippen molar-refractivity contribution in [3.8, 4) is 0 Å². The summed E-state index contributed by atoms with van der Waals surface area (Å²) < 4.78 is 10.6. The van der Waals surface area contributed by atoms with E-state index < -0.39 is 12.0 Å². The Kier molecular flexibility index (Phi) is 5.01. The minimum atomic E-state index is -0.458. The van der Waals surface area contributed by atoms with Gasteiger partial charge >= 0.3 is 6.09 Å². The number of carbonyl (C=O) groups excluding carboxylic acids is 3. The molecular formula is C19H19N3O5S. The lowest BCUT2D eigenvalue weighted by atomic mass is 10.2. The number of nitrogens with two attached hydrogens (primary N) is 1. The van der Waals surface area contributed by atoms with Crippen molar-refractivity contribution in [3.63, 3.8) is 0 Å². The number of ether oxygens (including phenoxy) is 2. The van der Waals surface area contributed by atoms with E-state index in [2.05, 4.69) is 0 Å². The lowest BCUT2D eigenvalue weighted by Crippen LogP contribution is -2.41. The molecule has 0 bridgehead atoms. The van der Waals surface area contributed by atoms with Crippen molar-refractivity contribution in [2.24, 2.45) is 5.73 Å². The van der Waals surface area contributed by atoms with Crippen LogP contribution in [-0.4, -0.2) is 50.3 Å². The van der Waals surface area contributed by atoms with Crippen LogP contribution in [0.3, 0.4) is 0 Å². The Balaban J connectivity index is 1.42. The fraction of sp³-hybridized carbons (Fsp3) is 0.316. The number of primary amides is 1. The Hall–Kier alpha value is -2.91. The molecule has 3 heterocycles. The highest BCUT2D eigenvalue weighted by molar-refractivity contribution is 7.14. The van der Waals surface area contributed by atoms with Crippen LogP contribution < -0.4 is 15.5 Å². The quantitative estimate of drug-likeness (QED) is 0.823. The Morgan fingerprint density at radius 2 is 1.82 bits per heavy atom. The highest BCUT2D eigenvalue weighted by Gasteiger charge is 2.33. The van der Waals surface area contributed by atoms with E-state index in [1.807, 2.05) is 18.2 Å². The second-order valence-corrected chi connectivity index (χ2v) is 7.73. The zero-order valence-electron chi connectivity index (χ0n) is 15.0. The number of rotatable bonds is 5. The Morgan fingerprint density at radius 1 is 1.11 bits per heavy atom. The van der Waals surface area contributed by atoms with Gasteiger partial charge in [0.05, 0.1) is 18.0 Å². The minimum Gasteiger partial charge on any atom is -0.444 e. The first-order chi connectivity index (χ1) is 13.5. The maximum Gasteiger partial charge on any atom is 0.414 e. The molecule has 4 rings (SSSR count). The van der Waals surface area contributed by atoms with E-state index in [1.54, 1.807) is 28.0 Å². The number of carbonyl (C=O) groups is 3. The molecule has 2 aromatic rings. The summed E-state index contributed by atoms with van der Waals surface area (Å²) in [6.45, 7) is 1.52. The SMILES string of the molecule is NC(=O)c1ccc(C[C@H]2CN(c3ccc(N4CCOCC4=O)cc3)C(=O)O2)s1. The smallest absolute Gasteiger partial charge is 0.414 e. The van der Waals surface area contributed by atoms with Gasteiger partial charge in [-0.05, 0) is 36.4 Å². The van der Waals surface area contributed by atoms with Gasteiger partial charge in [-0.25, -0.2) is 4.79 Å². The van der Waals surface area contributed by atoms with Crippen LogP contribution in [0.1, 0.15) is 14.5 Å². The minimum absolute atomic E-state index is 0.0778. The van der Waals surface area contributed by atoms with Crippen LogP contribution >= 0.6 is 11.3 Å². The van der Waals surface area contributed by atoms with Gasteiger partial charge in [-0.1, -0.05) is 0 Å². The van der Waals surface area contributed by atoms with Crippen molar-refractivity contribution < 1.29 is 23.9 Å². The molecular weight excluding hydrogens is 382 g/mol. The van der Waals surface area contributed by atoms with Gasteiger partial charge in [0.25, 0.3) is 11.8 Å². The van der Waals surface area contributed by atoms with Gasteiger partial charge in [-0.2, -0.15) is 0 Å². The van der Waals surface area contributed by atoms with Gasteiger partial charge in [0.2, 0.25) is 0 Å². The topological polar surface area (TPSA) is 102 Å². The fourth-order valence-corrected chi connectivity index (χ4v) is 4.21. The lowest BCUT2D eigenvalue weighted by Gasteiger charge is -2.27. The summed E-state index contributed by atoms with van der Waals surface area (Å²) in [5.41, 5.74) is 6.76. The maximum atomic E-state index is 12.3. The Bertz CT molecular complexity index is 911. The first-order valence-electron chi connectivity index (χ1n) is 8.86. The summed E-state index contributed by atoms with van der Waals surface area (Å²) in [5.74, 6) is -0.536. The van der Waals surface area contributed by atoms with Gasteiger partial charge in [-0.15, -0.1) is 11.3 Å². The standard InChI is InChI=1S/C19H19N3O5S/c20-18(24)16-6-5-15(28-16)9-14-10-22(19(25)27-14)13-3-1-12(2-4-13)21-7-8-26-11-17(21)23/h1-6,14H,7-11H2,(H2,20,24)/t14-/m0/s1. The van der Waals surface area contributed by atoms with Crippen LogP contribution in [-0.2, 0) is 20.7 Å². The summed E-state index contributed by atoms with van der Waals surface area (Å²) in [5, 5.41) is 0. The van der Waals surface area contributed by atoms with Gasteiger partial charge in [0.15, 0.2) is 0 Å². The van der Waals surface area contributed by atoms with Crippen molar-refractivity contribution >= 4 is 40.6 Å². The number of hydrogen-bond acceptors (Lipinski definition) is 6. The molecule has 2 saturated heterocycles. The van der Waals surface area contributed by atoms with Gasteiger partial charge < -0.3 is 20.1 Å².